The van der Waals surface area contributed by atoms with Crippen LogP contribution in [0.25, 0.3) is 10.8 Å². The van der Waals surface area contributed by atoms with Crippen LogP contribution in [0.15, 0.2) is 34.8 Å². The first-order valence-electron chi connectivity index (χ1n) is 6.93. The highest BCUT2D eigenvalue weighted by Gasteiger charge is 2.25. The monoisotopic (exact) mass is 335 g/mol. The minimum atomic E-state index is -0.216. The lowest BCUT2D eigenvalue weighted by atomic mass is 9.80. The third kappa shape index (κ3) is 2.84. The fraction of sp³-hybridized carbons (Fsp3) is 0.412. The first-order chi connectivity index (χ1) is 9.38. The Morgan fingerprint density at radius 1 is 1.25 bits per heavy atom. The topological polar surface area (TPSA) is 35.2 Å². The van der Waals surface area contributed by atoms with E-state index in [-0.39, 0.29) is 5.54 Å². The molecule has 0 saturated heterocycles. The molecule has 3 heteroatoms. The zero-order chi connectivity index (χ0) is 14.9. The summed E-state index contributed by atoms with van der Waals surface area (Å²) in [5.74, 6) is 1.21. The van der Waals surface area contributed by atoms with Gasteiger partial charge in [0, 0.05) is 11.5 Å². The van der Waals surface area contributed by atoms with Gasteiger partial charge in [-0.05, 0) is 58.6 Å². The maximum atomic E-state index is 6.31. The Hall–Kier alpha value is -1.06. The van der Waals surface area contributed by atoms with E-state index in [2.05, 4.69) is 61.0 Å². The third-order valence-electron chi connectivity index (χ3n) is 3.87. The number of hydrogen-bond donors (Lipinski definition) is 1. The van der Waals surface area contributed by atoms with Gasteiger partial charge >= 0.3 is 0 Å². The summed E-state index contributed by atoms with van der Waals surface area (Å²) in [6.45, 7) is 6.37. The van der Waals surface area contributed by atoms with Crippen LogP contribution in [0.1, 0.15) is 38.7 Å². The van der Waals surface area contributed by atoms with Gasteiger partial charge in [0.25, 0.3) is 0 Å². The van der Waals surface area contributed by atoms with E-state index in [4.69, 9.17) is 10.5 Å². The molecule has 0 saturated carbocycles. The Kier molecular flexibility index (Phi) is 4.40. The normalized spacial score (nSPS) is 13.5. The molecule has 2 aromatic rings. The first-order valence-corrected chi connectivity index (χ1v) is 7.72. The number of rotatable bonds is 4. The van der Waals surface area contributed by atoms with Gasteiger partial charge in [-0.15, -0.1) is 0 Å². The van der Waals surface area contributed by atoms with E-state index in [1.807, 2.05) is 6.07 Å². The van der Waals surface area contributed by atoms with Crippen LogP contribution in [0.2, 0.25) is 0 Å². The fourth-order valence-electron chi connectivity index (χ4n) is 2.86. The van der Waals surface area contributed by atoms with Gasteiger partial charge in [-0.25, -0.2) is 0 Å². The maximum Gasteiger partial charge on any atom is 0.133 e. The van der Waals surface area contributed by atoms with Gasteiger partial charge in [0.1, 0.15) is 5.75 Å². The molecule has 0 aliphatic carbocycles. The van der Waals surface area contributed by atoms with Crippen molar-refractivity contribution in [3.8, 4) is 5.75 Å². The van der Waals surface area contributed by atoms with E-state index in [1.165, 1.54) is 10.9 Å². The molecule has 0 bridgehead atoms. The molecule has 2 aromatic carbocycles. The summed E-state index contributed by atoms with van der Waals surface area (Å²) in [4.78, 5) is 0. The largest absolute Gasteiger partial charge is 0.496 e. The van der Waals surface area contributed by atoms with Crippen molar-refractivity contribution in [2.45, 2.75) is 38.6 Å². The van der Waals surface area contributed by atoms with Crippen molar-refractivity contribution in [3.63, 3.8) is 0 Å². The number of halogens is 1. The van der Waals surface area contributed by atoms with Gasteiger partial charge in [0.2, 0.25) is 0 Å². The van der Waals surface area contributed by atoms with Crippen LogP contribution in [0.3, 0.4) is 0 Å². The highest BCUT2D eigenvalue weighted by molar-refractivity contribution is 9.10. The summed E-state index contributed by atoms with van der Waals surface area (Å²) in [7, 11) is 1.68. The van der Waals surface area contributed by atoms with Crippen LogP contribution in [-0.4, -0.2) is 12.6 Å². The summed E-state index contributed by atoms with van der Waals surface area (Å²) in [6, 6.07) is 10.6. The van der Waals surface area contributed by atoms with E-state index >= 15 is 0 Å². The van der Waals surface area contributed by atoms with E-state index < -0.39 is 0 Å². The molecule has 0 aromatic heterocycles. The van der Waals surface area contributed by atoms with E-state index in [1.54, 1.807) is 7.11 Å². The number of methoxy groups -OCH3 is 1. The van der Waals surface area contributed by atoms with Gasteiger partial charge in [0.15, 0.2) is 0 Å². The Labute approximate surface area is 129 Å². The molecule has 0 fully saturated rings. The summed E-state index contributed by atoms with van der Waals surface area (Å²) < 4.78 is 6.34. The number of hydrogen-bond acceptors (Lipinski definition) is 2. The van der Waals surface area contributed by atoms with Gasteiger partial charge in [0.05, 0.1) is 11.6 Å². The fourth-order valence-corrected chi connectivity index (χ4v) is 3.51. The molecule has 1 atom stereocenters. The summed E-state index contributed by atoms with van der Waals surface area (Å²) in [5.41, 5.74) is 7.39. The standard InChI is InChI=1S/C17H22BrNO/c1-5-14(17(2,3)19)12-6-8-13-11(10-12)7-9-15(20-4)16(13)18/h6-10,14H,5,19H2,1-4H3. The molecular formula is C17H22BrNO. The van der Waals surface area contributed by atoms with Crippen LogP contribution >= 0.6 is 15.9 Å². The summed E-state index contributed by atoms with van der Waals surface area (Å²) in [6.07, 6.45) is 1.03. The molecule has 0 aliphatic rings. The SMILES string of the molecule is CCC(c1ccc2c(Br)c(OC)ccc2c1)C(C)(C)N. The molecular weight excluding hydrogens is 314 g/mol. The molecule has 0 amide bonds. The molecule has 0 spiro atoms. The molecule has 2 N–H and O–H groups in total. The predicted octanol–water partition coefficient (Wildman–Crippen LogP) is 4.84. The van der Waals surface area contributed by atoms with Crippen molar-refractivity contribution in [3.05, 3.63) is 40.4 Å². The number of fused-ring (bicyclic) bond motifs is 1. The average Bonchev–Trinajstić information content (AvgIpc) is 2.38. The van der Waals surface area contributed by atoms with Crippen molar-refractivity contribution in [1.82, 2.24) is 0 Å². The second-order valence-corrected chi connectivity index (χ2v) is 6.64. The minimum Gasteiger partial charge on any atom is -0.496 e. The third-order valence-corrected chi connectivity index (χ3v) is 4.69. The second kappa shape index (κ2) is 5.74. The van der Waals surface area contributed by atoms with Crippen LogP contribution in [0.5, 0.6) is 5.75 Å². The predicted molar refractivity (Wildman–Crippen MR) is 89.5 cm³/mol. The van der Waals surface area contributed by atoms with Gasteiger partial charge in [-0.3, -0.25) is 0 Å². The molecule has 0 heterocycles. The van der Waals surface area contributed by atoms with E-state index in [9.17, 15) is 0 Å². The molecule has 1 unspecified atom stereocenters. The van der Waals surface area contributed by atoms with E-state index in [0.29, 0.717) is 5.92 Å². The molecule has 2 nitrogen and oxygen atoms in total. The molecule has 2 rings (SSSR count). The lowest BCUT2D eigenvalue weighted by Gasteiger charge is -2.30. The second-order valence-electron chi connectivity index (χ2n) is 5.84. The quantitative estimate of drug-likeness (QED) is 0.867. The molecule has 0 radical (unpaired) electrons. The Bertz CT molecular complexity index is 616. The highest BCUT2D eigenvalue weighted by Crippen LogP contribution is 2.36. The highest BCUT2D eigenvalue weighted by atomic mass is 79.9. The van der Waals surface area contributed by atoms with Gasteiger partial charge < -0.3 is 10.5 Å². The summed E-state index contributed by atoms with van der Waals surface area (Å²) >= 11 is 3.61. The number of nitrogens with two attached hydrogens (primary N) is 1. The number of benzene rings is 2. The van der Waals surface area contributed by atoms with E-state index in [0.717, 1.165) is 22.0 Å². The molecule has 108 valence electrons. The Morgan fingerprint density at radius 3 is 2.50 bits per heavy atom. The van der Waals surface area contributed by atoms with Crippen LogP contribution in [-0.2, 0) is 0 Å². The lowest BCUT2D eigenvalue weighted by Crippen LogP contribution is -2.39. The smallest absolute Gasteiger partial charge is 0.133 e. The first kappa shape index (κ1) is 15.3. The van der Waals surface area contributed by atoms with Crippen molar-refractivity contribution >= 4 is 26.7 Å². The molecule has 0 aliphatic heterocycles. The van der Waals surface area contributed by atoms with Crippen molar-refractivity contribution in [2.24, 2.45) is 5.73 Å². The Morgan fingerprint density at radius 2 is 1.95 bits per heavy atom. The minimum absolute atomic E-state index is 0.216. The lowest BCUT2D eigenvalue weighted by molar-refractivity contribution is 0.401. The van der Waals surface area contributed by atoms with Crippen molar-refractivity contribution in [1.29, 1.82) is 0 Å². The van der Waals surface area contributed by atoms with Gasteiger partial charge in [-0.2, -0.15) is 0 Å². The Balaban J connectivity index is 2.55. The van der Waals surface area contributed by atoms with Crippen molar-refractivity contribution < 1.29 is 4.74 Å². The van der Waals surface area contributed by atoms with Crippen molar-refractivity contribution in [2.75, 3.05) is 7.11 Å². The van der Waals surface area contributed by atoms with Gasteiger partial charge in [-0.1, -0.05) is 31.2 Å². The van der Waals surface area contributed by atoms with Crippen LogP contribution in [0.4, 0.5) is 0 Å². The zero-order valence-corrected chi connectivity index (χ0v) is 14.1. The zero-order valence-electron chi connectivity index (χ0n) is 12.5. The summed E-state index contributed by atoms with van der Waals surface area (Å²) in [5, 5.41) is 2.37. The van der Waals surface area contributed by atoms with Crippen LogP contribution in [0, 0.1) is 0 Å². The average molecular weight is 336 g/mol. The number of ether oxygens (including phenoxy) is 1. The maximum absolute atomic E-state index is 6.31. The molecule has 20 heavy (non-hydrogen) atoms. The van der Waals surface area contributed by atoms with Crippen LogP contribution < -0.4 is 10.5 Å².